The molecule has 7 heteroatoms. The van der Waals surface area contributed by atoms with Crippen LogP contribution in [0, 0.1) is 5.92 Å². The van der Waals surface area contributed by atoms with E-state index in [4.69, 9.17) is 0 Å². The highest BCUT2D eigenvalue weighted by molar-refractivity contribution is 5.61. The fourth-order valence-electron chi connectivity index (χ4n) is 2.80. The number of halogens is 4. The molecule has 0 spiro atoms. The van der Waals surface area contributed by atoms with Gasteiger partial charge in [-0.15, -0.1) is 0 Å². The number of allylic oxidation sites excluding steroid dienone is 1. The molecule has 0 saturated heterocycles. The summed E-state index contributed by atoms with van der Waals surface area (Å²) >= 11 is 0. The fraction of sp³-hybridized carbons (Fsp3) is 0.667. The van der Waals surface area contributed by atoms with Crippen LogP contribution in [-0.4, -0.2) is 34.2 Å². The number of nitrogens with zero attached hydrogens (tertiary/aromatic N) is 3. The quantitative estimate of drug-likeness (QED) is 0.750. The largest absolute Gasteiger partial charge is 0.380 e. The van der Waals surface area contributed by atoms with Crippen molar-refractivity contribution in [2.24, 2.45) is 5.92 Å². The summed E-state index contributed by atoms with van der Waals surface area (Å²) in [5, 5.41) is 3.60. The van der Waals surface area contributed by atoms with Crippen molar-refractivity contribution < 1.29 is 17.6 Å². The van der Waals surface area contributed by atoms with Gasteiger partial charge in [-0.05, 0) is 31.3 Å². The summed E-state index contributed by atoms with van der Waals surface area (Å²) in [7, 11) is 1.87. The lowest BCUT2D eigenvalue weighted by Gasteiger charge is -2.30. The monoisotopic (exact) mass is 319 g/mol. The normalized spacial score (nSPS) is 19.7. The molecule has 1 saturated carbocycles. The Morgan fingerprint density at radius 3 is 2.64 bits per heavy atom. The van der Waals surface area contributed by atoms with E-state index in [9.17, 15) is 17.6 Å². The first kappa shape index (κ1) is 16.8. The topological polar surface area (TPSA) is 21.1 Å². The molecule has 0 bridgehead atoms. The van der Waals surface area contributed by atoms with Gasteiger partial charge >= 0.3 is 6.55 Å². The van der Waals surface area contributed by atoms with Crippen molar-refractivity contribution in [3.8, 4) is 0 Å². The Balaban J connectivity index is 1.90. The van der Waals surface area contributed by atoms with Crippen molar-refractivity contribution in [1.29, 1.82) is 0 Å². The zero-order valence-corrected chi connectivity index (χ0v) is 12.8. The summed E-state index contributed by atoms with van der Waals surface area (Å²) in [6, 6.07) is 0. The van der Waals surface area contributed by atoms with E-state index in [0.29, 0.717) is 29.6 Å². The van der Waals surface area contributed by atoms with Crippen LogP contribution in [0.1, 0.15) is 44.7 Å². The van der Waals surface area contributed by atoms with Gasteiger partial charge in [0.05, 0.1) is 6.20 Å². The van der Waals surface area contributed by atoms with E-state index in [1.54, 1.807) is 0 Å². The molecule has 2 rings (SSSR count). The van der Waals surface area contributed by atoms with E-state index in [-0.39, 0.29) is 18.8 Å². The predicted molar refractivity (Wildman–Crippen MR) is 76.7 cm³/mol. The Hall–Kier alpha value is -1.53. The van der Waals surface area contributed by atoms with Crippen molar-refractivity contribution in [3.63, 3.8) is 0 Å². The number of rotatable bonds is 5. The Labute approximate surface area is 127 Å². The van der Waals surface area contributed by atoms with E-state index in [0.717, 1.165) is 5.57 Å². The third kappa shape index (κ3) is 4.48. The summed E-state index contributed by atoms with van der Waals surface area (Å²) in [6.07, 6.45) is 5.49. The molecule has 1 aromatic heterocycles. The summed E-state index contributed by atoms with van der Waals surface area (Å²) in [5.74, 6) is -2.26. The molecule has 0 unspecified atom stereocenters. The number of alkyl halides is 4. The molecule has 1 fully saturated rings. The van der Waals surface area contributed by atoms with Crippen molar-refractivity contribution in [3.05, 3.63) is 24.2 Å². The maximum Gasteiger partial charge on any atom is 0.333 e. The van der Waals surface area contributed by atoms with Gasteiger partial charge in [0, 0.05) is 44.4 Å². The molecule has 0 aliphatic heterocycles. The van der Waals surface area contributed by atoms with E-state index in [2.05, 4.69) is 5.10 Å². The third-order valence-corrected chi connectivity index (χ3v) is 4.05. The van der Waals surface area contributed by atoms with Gasteiger partial charge in [0.15, 0.2) is 0 Å². The summed E-state index contributed by atoms with van der Waals surface area (Å²) in [5.41, 5.74) is 1.44. The fourth-order valence-corrected chi connectivity index (χ4v) is 2.80. The average Bonchev–Trinajstić information content (AvgIpc) is 2.91. The smallest absolute Gasteiger partial charge is 0.333 e. The second-order valence-electron chi connectivity index (χ2n) is 6.04. The minimum atomic E-state index is -2.65. The van der Waals surface area contributed by atoms with Gasteiger partial charge in [-0.1, -0.05) is 0 Å². The molecule has 22 heavy (non-hydrogen) atoms. The molecule has 1 aromatic rings. The van der Waals surface area contributed by atoms with Crippen LogP contribution < -0.4 is 0 Å². The highest BCUT2D eigenvalue weighted by Gasteiger charge is 2.34. The molecular weight excluding hydrogens is 298 g/mol. The average molecular weight is 319 g/mol. The predicted octanol–water partition coefficient (Wildman–Crippen LogP) is 4.40. The Morgan fingerprint density at radius 2 is 2.09 bits per heavy atom. The molecule has 0 atom stereocenters. The van der Waals surface area contributed by atoms with Crippen LogP contribution in [0.2, 0.25) is 0 Å². The molecule has 0 N–H and O–H groups in total. The van der Waals surface area contributed by atoms with Crippen LogP contribution in [-0.2, 0) is 0 Å². The van der Waals surface area contributed by atoms with E-state index in [1.165, 1.54) is 12.4 Å². The first-order valence-corrected chi connectivity index (χ1v) is 7.36. The zero-order valence-electron chi connectivity index (χ0n) is 12.8. The van der Waals surface area contributed by atoms with E-state index < -0.39 is 12.5 Å². The molecule has 0 aromatic carbocycles. The molecule has 0 radical (unpaired) electrons. The second kappa shape index (κ2) is 6.71. The highest BCUT2D eigenvalue weighted by atomic mass is 19.3. The molecule has 0 amide bonds. The maximum atomic E-state index is 13.1. The Morgan fingerprint density at radius 1 is 1.45 bits per heavy atom. The SMILES string of the molecule is CC(=CN(C)CC1CCC(F)(F)CC1)c1cnn(C(F)F)c1. The second-order valence-corrected chi connectivity index (χ2v) is 6.04. The minimum absolute atomic E-state index is 0.0463. The van der Waals surface area contributed by atoms with Crippen LogP contribution in [0.5, 0.6) is 0 Å². The zero-order chi connectivity index (χ0) is 16.3. The van der Waals surface area contributed by atoms with Crippen molar-refractivity contribution in [2.75, 3.05) is 13.6 Å². The summed E-state index contributed by atoms with van der Waals surface area (Å²) in [6.45, 7) is -0.141. The first-order chi connectivity index (χ1) is 10.3. The van der Waals surface area contributed by atoms with Gasteiger partial charge in [-0.25, -0.2) is 13.5 Å². The highest BCUT2D eigenvalue weighted by Crippen LogP contribution is 2.36. The van der Waals surface area contributed by atoms with Gasteiger partial charge in [-0.2, -0.15) is 13.9 Å². The number of hydrogen-bond donors (Lipinski definition) is 0. The van der Waals surface area contributed by atoms with Crippen molar-refractivity contribution in [1.82, 2.24) is 14.7 Å². The Bertz CT molecular complexity index is 515. The lowest BCUT2D eigenvalue weighted by atomic mass is 9.86. The standard InChI is InChI=1S/C15H21F4N3/c1-11(13-7-20-22(10-13)14(16)17)8-21(2)9-12-3-5-15(18,19)6-4-12/h7-8,10,12,14H,3-6,9H2,1-2H3. The van der Waals surface area contributed by atoms with Gasteiger partial charge in [0.25, 0.3) is 0 Å². The van der Waals surface area contributed by atoms with Crippen LogP contribution in [0.15, 0.2) is 18.6 Å². The van der Waals surface area contributed by atoms with Crippen LogP contribution in [0.4, 0.5) is 17.6 Å². The van der Waals surface area contributed by atoms with Gasteiger partial charge in [0.1, 0.15) is 0 Å². The number of aromatic nitrogens is 2. The van der Waals surface area contributed by atoms with Gasteiger partial charge in [0.2, 0.25) is 5.92 Å². The minimum Gasteiger partial charge on any atom is -0.380 e. The van der Waals surface area contributed by atoms with Crippen LogP contribution >= 0.6 is 0 Å². The van der Waals surface area contributed by atoms with Crippen molar-refractivity contribution >= 4 is 5.57 Å². The van der Waals surface area contributed by atoms with Crippen molar-refractivity contribution in [2.45, 2.75) is 45.1 Å². The first-order valence-electron chi connectivity index (χ1n) is 7.36. The van der Waals surface area contributed by atoms with E-state index in [1.807, 2.05) is 25.1 Å². The molecule has 124 valence electrons. The molecular formula is C15H21F4N3. The lowest BCUT2D eigenvalue weighted by Crippen LogP contribution is -2.30. The number of hydrogen-bond acceptors (Lipinski definition) is 2. The van der Waals surface area contributed by atoms with E-state index >= 15 is 0 Å². The van der Waals surface area contributed by atoms with Crippen LogP contribution in [0.3, 0.4) is 0 Å². The molecule has 1 aliphatic carbocycles. The van der Waals surface area contributed by atoms with Gasteiger partial charge in [-0.3, -0.25) is 0 Å². The van der Waals surface area contributed by atoms with Crippen LogP contribution in [0.25, 0.3) is 5.57 Å². The Kier molecular flexibility index (Phi) is 5.13. The summed E-state index contributed by atoms with van der Waals surface area (Å²) in [4.78, 5) is 1.93. The summed E-state index contributed by atoms with van der Waals surface area (Å²) < 4.78 is 51.8. The lowest BCUT2D eigenvalue weighted by molar-refractivity contribution is -0.0473. The molecule has 1 heterocycles. The third-order valence-electron chi connectivity index (χ3n) is 4.05. The molecule has 3 nitrogen and oxygen atoms in total. The maximum absolute atomic E-state index is 13.1. The van der Waals surface area contributed by atoms with Gasteiger partial charge < -0.3 is 4.90 Å². The molecule has 1 aliphatic rings.